The molecule has 24 heavy (non-hydrogen) atoms. The molecule has 1 nitrogen and oxygen atoms in total. The highest BCUT2D eigenvalue weighted by Gasteiger charge is 2.25. The Bertz CT molecular complexity index is 396. The number of hydrogen-bond acceptors (Lipinski definition) is 1. The van der Waals surface area contributed by atoms with Gasteiger partial charge in [-0.2, -0.15) is 0 Å². The minimum atomic E-state index is 0.143. The molecule has 1 aliphatic carbocycles. The number of unbranched alkanes of at least 4 members (excludes halogenated alkanes) is 2. The van der Waals surface area contributed by atoms with E-state index in [2.05, 4.69) is 39.0 Å². The molecule has 2 atom stereocenters. The van der Waals surface area contributed by atoms with Crippen molar-refractivity contribution in [1.29, 1.82) is 0 Å². The molecule has 2 unspecified atom stereocenters. The Hall–Kier alpha value is -0.850. The van der Waals surface area contributed by atoms with E-state index in [0.29, 0.717) is 24.0 Å². The van der Waals surface area contributed by atoms with E-state index in [1.807, 2.05) is 6.92 Å². The predicted molar refractivity (Wildman–Crippen MR) is 106 cm³/mol. The van der Waals surface area contributed by atoms with Crippen LogP contribution in [0.25, 0.3) is 0 Å². The summed E-state index contributed by atoms with van der Waals surface area (Å²) < 4.78 is 0. The molecule has 0 spiro atoms. The Morgan fingerprint density at radius 1 is 1.08 bits per heavy atom. The summed E-state index contributed by atoms with van der Waals surface area (Å²) in [5.74, 6) is 1.95. The molecule has 1 aliphatic rings. The van der Waals surface area contributed by atoms with Crippen LogP contribution in [0.1, 0.15) is 98.3 Å². The molecule has 0 radical (unpaired) electrons. The quantitative estimate of drug-likeness (QED) is 0.346. The summed E-state index contributed by atoms with van der Waals surface area (Å²) >= 11 is 0. The van der Waals surface area contributed by atoms with E-state index in [-0.39, 0.29) is 5.92 Å². The van der Waals surface area contributed by atoms with Crippen LogP contribution in [-0.2, 0) is 4.79 Å². The smallest absolute Gasteiger partial charge is 0.140 e. The van der Waals surface area contributed by atoms with Gasteiger partial charge in [0.05, 0.1) is 0 Å². The third-order valence-corrected chi connectivity index (χ3v) is 5.48. The summed E-state index contributed by atoms with van der Waals surface area (Å²) in [5.41, 5.74) is 1.32. The van der Waals surface area contributed by atoms with Crippen molar-refractivity contribution in [1.82, 2.24) is 0 Å². The van der Waals surface area contributed by atoms with Crippen molar-refractivity contribution in [2.45, 2.75) is 98.3 Å². The van der Waals surface area contributed by atoms with Gasteiger partial charge in [-0.3, -0.25) is 4.79 Å². The maximum Gasteiger partial charge on any atom is 0.140 e. The van der Waals surface area contributed by atoms with Crippen LogP contribution in [0.5, 0.6) is 0 Å². The van der Waals surface area contributed by atoms with Gasteiger partial charge in [0, 0.05) is 12.3 Å². The Morgan fingerprint density at radius 2 is 1.75 bits per heavy atom. The molecule has 0 N–H and O–H groups in total. The highest BCUT2D eigenvalue weighted by molar-refractivity contribution is 5.84. The first-order valence-corrected chi connectivity index (χ1v) is 10.6. The van der Waals surface area contributed by atoms with E-state index in [0.717, 1.165) is 12.8 Å². The minimum absolute atomic E-state index is 0.143. The van der Waals surface area contributed by atoms with Crippen molar-refractivity contribution in [3.63, 3.8) is 0 Å². The van der Waals surface area contributed by atoms with Gasteiger partial charge in [-0.15, -0.1) is 0 Å². The lowest BCUT2D eigenvalue weighted by Gasteiger charge is -2.26. The van der Waals surface area contributed by atoms with Gasteiger partial charge in [0.15, 0.2) is 0 Å². The van der Waals surface area contributed by atoms with Crippen molar-refractivity contribution >= 4 is 5.78 Å². The van der Waals surface area contributed by atoms with E-state index in [1.54, 1.807) is 0 Å². The Labute approximate surface area is 151 Å². The van der Waals surface area contributed by atoms with Crippen LogP contribution in [0.4, 0.5) is 0 Å². The van der Waals surface area contributed by atoms with Gasteiger partial charge >= 0.3 is 0 Å². The number of rotatable bonds is 13. The molecule has 0 aromatic rings. The number of Topliss-reactive ketones (excluding diaryl/α,β-unsaturated/α-hetero) is 1. The van der Waals surface area contributed by atoms with Crippen LogP contribution < -0.4 is 0 Å². The number of ketones is 1. The van der Waals surface area contributed by atoms with Crippen LogP contribution in [0.3, 0.4) is 0 Å². The summed E-state index contributed by atoms with van der Waals surface area (Å²) in [6, 6.07) is 0. The van der Waals surface area contributed by atoms with Crippen LogP contribution in [-0.4, -0.2) is 5.78 Å². The molecule has 0 saturated heterocycles. The molecule has 0 bridgehead atoms. The molecule has 0 aliphatic heterocycles. The Morgan fingerprint density at radius 3 is 2.29 bits per heavy atom. The van der Waals surface area contributed by atoms with E-state index < -0.39 is 0 Å². The zero-order valence-corrected chi connectivity index (χ0v) is 16.7. The molecular weight excluding hydrogens is 292 g/mol. The van der Waals surface area contributed by atoms with Gasteiger partial charge in [0.2, 0.25) is 0 Å². The maximum absolute atomic E-state index is 12.7. The molecule has 0 heterocycles. The third kappa shape index (κ3) is 7.36. The van der Waals surface area contributed by atoms with Crippen molar-refractivity contribution < 1.29 is 4.79 Å². The lowest BCUT2D eigenvalue weighted by molar-refractivity contribution is -0.121. The average molecular weight is 333 g/mol. The Kier molecular flexibility index (Phi) is 11.0. The fourth-order valence-electron chi connectivity index (χ4n) is 3.98. The fraction of sp³-hybridized carbons (Fsp3) is 0.783. The first-order chi connectivity index (χ1) is 11.7. The van der Waals surface area contributed by atoms with Gasteiger partial charge < -0.3 is 0 Å². The van der Waals surface area contributed by atoms with Gasteiger partial charge in [0.25, 0.3) is 0 Å². The second kappa shape index (κ2) is 12.5. The first-order valence-electron chi connectivity index (χ1n) is 10.6. The topological polar surface area (TPSA) is 17.1 Å². The second-order valence-corrected chi connectivity index (χ2v) is 7.61. The number of carbonyl (C=O) groups is 1. The highest BCUT2D eigenvalue weighted by atomic mass is 16.1. The van der Waals surface area contributed by atoms with E-state index >= 15 is 0 Å². The van der Waals surface area contributed by atoms with Crippen molar-refractivity contribution in [3.05, 3.63) is 23.8 Å². The van der Waals surface area contributed by atoms with Gasteiger partial charge in [0.1, 0.15) is 5.78 Å². The summed E-state index contributed by atoms with van der Waals surface area (Å²) in [7, 11) is 0. The summed E-state index contributed by atoms with van der Waals surface area (Å²) in [5, 5.41) is 0. The van der Waals surface area contributed by atoms with E-state index in [1.165, 1.54) is 56.9 Å². The van der Waals surface area contributed by atoms with Gasteiger partial charge in [-0.1, -0.05) is 90.9 Å². The monoisotopic (exact) mass is 332 g/mol. The molecule has 0 aromatic heterocycles. The summed E-state index contributed by atoms with van der Waals surface area (Å²) in [4.78, 5) is 12.7. The van der Waals surface area contributed by atoms with Gasteiger partial charge in [-0.25, -0.2) is 0 Å². The minimum Gasteiger partial charge on any atom is -0.299 e. The van der Waals surface area contributed by atoms with Crippen LogP contribution in [0.15, 0.2) is 23.8 Å². The molecule has 1 heteroatoms. The molecule has 0 aromatic carbocycles. The van der Waals surface area contributed by atoms with E-state index in [9.17, 15) is 4.79 Å². The Balaban J connectivity index is 2.85. The largest absolute Gasteiger partial charge is 0.299 e. The SMILES string of the molecule is CCCCC(CCCC)CC(C(=O)CC)C1=CC(CCC)CC=C1. The third-order valence-electron chi connectivity index (χ3n) is 5.48. The number of allylic oxidation sites excluding steroid dienone is 4. The molecule has 0 saturated carbocycles. The summed E-state index contributed by atoms with van der Waals surface area (Å²) in [6.45, 7) is 8.83. The lowest BCUT2D eigenvalue weighted by atomic mass is 9.78. The van der Waals surface area contributed by atoms with Crippen LogP contribution in [0, 0.1) is 17.8 Å². The number of hydrogen-bond donors (Lipinski definition) is 0. The van der Waals surface area contributed by atoms with Crippen molar-refractivity contribution in [3.8, 4) is 0 Å². The normalized spacial score (nSPS) is 18.7. The summed E-state index contributed by atoms with van der Waals surface area (Å²) in [6.07, 6.45) is 20.1. The lowest BCUT2D eigenvalue weighted by Crippen LogP contribution is -2.21. The van der Waals surface area contributed by atoms with Gasteiger partial charge in [-0.05, 0) is 36.7 Å². The zero-order chi connectivity index (χ0) is 17.8. The standard InChI is InChI=1S/C23H40O/c1-5-9-13-20(14-10-6-2)18-22(23(24)8-4)21-16-11-15-19(17-21)12-7-3/h11,16-17,19-20,22H,5-10,12-15,18H2,1-4H3. The average Bonchev–Trinajstić information content (AvgIpc) is 2.61. The highest BCUT2D eigenvalue weighted by Crippen LogP contribution is 2.33. The molecule has 1 rings (SSSR count). The maximum atomic E-state index is 12.7. The predicted octanol–water partition coefficient (Wildman–Crippen LogP) is 7.27. The molecular formula is C23H40O. The van der Waals surface area contributed by atoms with Crippen LogP contribution >= 0.6 is 0 Å². The van der Waals surface area contributed by atoms with E-state index in [4.69, 9.17) is 0 Å². The van der Waals surface area contributed by atoms with Crippen molar-refractivity contribution in [2.24, 2.45) is 17.8 Å². The number of carbonyl (C=O) groups excluding carboxylic acids is 1. The molecule has 0 fully saturated rings. The zero-order valence-electron chi connectivity index (χ0n) is 16.7. The second-order valence-electron chi connectivity index (χ2n) is 7.61. The molecule has 0 amide bonds. The first kappa shape index (κ1) is 21.2. The van der Waals surface area contributed by atoms with Crippen molar-refractivity contribution in [2.75, 3.05) is 0 Å². The fourth-order valence-corrected chi connectivity index (χ4v) is 3.98. The van der Waals surface area contributed by atoms with Crippen LogP contribution in [0.2, 0.25) is 0 Å². The molecule has 138 valence electrons.